The molecule has 0 aliphatic carbocycles. The lowest BCUT2D eigenvalue weighted by molar-refractivity contribution is 0.409. The van der Waals surface area contributed by atoms with E-state index in [-0.39, 0.29) is 0 Å². The van der Waals surface area contributed by atoms with Gasteiger partial charge in [0, 0.05) is 6.07 Å². The van der Waals surface area contributed by atoms with E-state index in [9.17, 15) is 0 Å². The summed E-state index contributed by atoms with van der Waals surface area (Å²) < 4.78 is 10.9. The number of nitrogens with two attached hydrogens (primary N) is 1. The first-order valence-corrected chi connectivity index (χ1v) is 5.37. The Bertz CT molecular complexity index is 523. The Balaban J connectivity index is 2.32. The molecule has 0 aliphatic rings. The van der Waals surface area contributed by atoms with Crippen LogP contribution in [0.5, 0.6) is 17.2 Å². The van der Waals surface area contributed by atoms with Crippen LogP contribution in [0.25, 0.3) is 0 Å². The SMILES string of the molecule is COc1ccc(N)c(Oc2ccccc2C)c1. The lowest BCUT2D eigenvalue weighted by Gasteiger charge is -2.11. The van der Waals surface area contributed by atoms with Gasteiger partial charge in [-0.05, 0) is 30.7 Å². The molecule has 0 amide bonds. The molecular formula is C14H15NO2. The molecule has 0 unspecified atom stereocenters. The van der Waals surface area contributed by atoms with E-state index in [1.807, 2.05) is 31.2 Å². The van der Waals surface area contributed by atoms with Gasteiger partial charge in [-0.2, -0.15) is 0 Å². The monoisotopic (exact) mass is 229 g/mol. The smallest absolute Gasteiger partial charge is 0.154 e. The number of nitrogen functional groups attached to an aromatic ring is 1. The second-order valence-electron chi connectivity index (χ2n) is 3.77. The average molecular weight is 229 g/mol. The topological polar surface area (TPSA) is 44.5 Å². The Morgan fingerprint density at radius 3 is 2.47 bits per heavy atom. The average Bonchev–Trinajstić information content (AvgIpc) is 2.35. The molecule has 17 heavy (non-hydrogen) atoms. The van der Waals surface area contributed by atoms with E-state index < -0.39 is 0 Å². The summed E-state index contributed by atoms with van der Waals surface area (Å²) in [5, 5.41) is 0. The van der Waals surface area contributed by atoms with Crippen LogP contribution in [0.2, 0.25) is 0 Å². The highest BCUT2D eigenvalue weighted by molar-refractivity contribution is 5.57. The number of aryl methyl sites for hydroxylation is 1. The summed E-state index contributed by atoms with van der Waals surface area (Å²) in [5.41, 5.74) is 7.52. The summed E-state index contributed by atoms with van der Waals surface area (Å²) in [6.45, 7) is 1.99. The number of hydrogen-bond acceptors (Lipinski definition) is 3. The van der Waals surface area contributed by atoms with Crippen LogP contribution in [0.15, 0.2) is 42.5 Å². The molecule has 0 heterocycles. The highest BCUT2D eigenvalue weighted by Crippen LogP contribution is 2.32. The molecule has 0 atom stereocenters. The van der Waals surface area contributed by atoms with Crippen LogP contribution >= 0.6 is 0 Å². The molecule has 0 saturated heterocycles. The van der Waals surface area contributed by atoms with Crippen molar-refractivity contribution in [3.63, 3.8) is 0 Å². The summed E-state index contributed by atoms with van der Waals surface area (Å²) in [4.78, 5) is 0. The van der Waals surface area contributed by atoms with Crippen LogP contribution in [-0.2, 0) is 0 Å². The van der Waals surface area contributed by atoms with Gasteiger partial charge in [0.1, 0.15) is 11.5 Å². The van der Waals surface area contributed by atoms with Gasteiger partial charge in [-0.25, -0.2) is 0 Å². The van der Waals surface area contributed by atoms with Gasteiger partial charge in [-0.15, -0.1) is 0 Å². The van der Waals surface area contributed by atoms with Crippen LogP contribution in [0.3, 0.4) is 0 Å². The molecule has 2 aromatic carbocycles. The van der Waals surface area contributed by atoms with Gasteiger partial charge >= 0.3 is 0 Å². The van der Waals surface area contributed by atoms with Crippen LogP contribution in [-0.4, -0.2) is 7.11 Å². The number of methoxy groups -OCH3 is 1. The molecule has 0 bridgehead atoms. The normalized spacial score (nSPS) is 10.0. The Morgan fingerprint density at radius 2 is 1.76 bits per heavy atom. The fraction of sp³-hybridized carbons (Fsp3) is 0.143. The fourth-order valence-electron chi connectivity index (χ4n) is 1.52. The van der Waals surface area contributed by atoms with Crippen LogP contribution in [0.4, 0.5) is 5.69 Å². The van der Waals surface area contributed by atoms with E-state index in [1.54, 1.807) is 25.3 Å². The zero-order chi connectivity index (χ0) is 12.3. The van der Waals surface area contributed by atoms with Gasteiger partial charge in [-0.3, -0.25) is 0 Å². The van der Waals surface area contributed by atoms with Gasteiger partial charge in [-0.1, -0.05) is 18.2 Å². The van der Waals surface area contributed by atoms with Gasteiger partial charge in [0.25, 0.3) is 0 Å². The Kier molecular flexibility index (Phi) is 3.19. The number of anilines is 1. The van der Waals surface area contributed by atoms with Crippen molar-refractivity contribution in [3.8, 4) is 17.2 Å². The van der Waals surface area contributed by atoms with Crippen LogP contribution in [0.1, 0.15) is 5.56 Å². The van der Waals surface area contributed by atoms with E-state index >= 15 is 0 Å². The molecule has 2 aromatic rings. The number of benzene rings is 2. The molecular weight excluding hydrogens is 214 g/mol. The molecule has 2 rings (SSSR count). The van der Waals surface area contributed by atoms with Crippen molar-refractivity contribution < 1.29 is 9.47 Å². The third-order valence-electron chi connectivity index (χ3n) is 2.53. The number of para-hydroxylation sites is 1. The standard InChI is InChI=1S/C14H15NO2/c1-10-5-3-4-6-13(10)17-14-9-11(16-2)7-8-12(14)15/h3-9H,15H2,1-2H3. The molecule has 0 spiro atoms. The van der Waals surface area contributed by atoms with Gasteiger partial charge in [0.2, 0.25) is 0 Å². The van der Waals surface area contributed by atoms with E-state index in [0.29, 0.717) is 11.4 Å². The number of ether oxygens (including phenoxy) is 2. The minimum Gasteiger partial charge on any atom is -0.497 e. The summed E-state index contributed by atoms with van der Waals surface area (Å²) in [6.07, 6.45) is 0. The zero-order valence-corrected chi connectivity index (χ0v) is 9.94. The van der Waals surface area contributed by atoms with Crippen LogP contribution in [0, 0.1) is 6.92 Å². The Hall–Kier alpha value is -2.16. The fourth-order valence-corrected chi connectivity index (χ4v) is 1.52. The van der Waals surface area contributed by atoms with E-state index in [2.05, 4.69) is 0 Å². The molecule has 88 valence electrons. The maximum absolute atomic E-state index is 5.86. The van der Waals surface area contributed by atoms with Crippen LogP contribution < -0.4 is 15.2 Å². The molecule has 0 fully saturated rings. The Labute approximate surface area is 101 Å². The Morgan fingerprint density at radius 1 is 1.00 bits per heavy atom. The van der Waals surface area contributed by atoms with Crippen molar-refractivity contribution >= 4 is 5.69 Å². The number of hydrogen-bond donors (Lipinski definition) is 1. The van der Waals surface area contributed by atoms with Gasteiger partial charge in [0.05, 0.1) is 12.8 Å². The summed E-state index contributed by atoms with van der Waals surface area (Å²) >= 11 is 0. The summed E-state index contributed by atoms with van der Waals surface area (Å²) in [5.74, 6) is 2.13. The van der Waals surface area contributed by atoms with E-state index in [1.165, 1.54) is 0 Å². The maximum atomic E-state index is 5.86. The van der Waals surface area contributed by atoms with Crippen molar-refractivity contribution in [3.05, 3.63) is 48.0 Å². The van der Waals surface area contributed by atoms with Crippen molar-refractivity contribution in [2.45, 2.75) is 6.92 Å². The third-order valence-corrected chi connectivity index (χ3v) is 2.53. The quantitative estimate of drug-likeness (QED) is 0.820. The molecule has 3 nitrogen and oxygen atoms in total. The third kappa shape index (κ3) is 2.50. The first-order valence-electron chi connectivity index (χ1n) is 5.37. The zero-order valence-electron chi connectivity index (χ0n) is 9.94. The minimum atomic E-state index is 0.592. The first-order chi connectivity index (χ1) is 8.20. The van der Waals surface area contributed by atoms with E-state index in [4.69, 9.17) is 15.2 Å². The summed E-state index contributed by atoms with van der Waals surface area (Å²) in [6, 6.07) is 13.2. The largest absolute Gasteiger partial charge is 0.497 e. The molecule has 0 aromatic heterocycles. The second kappa shape index (κ2) is 4.78. The molecule has 0 radical (unpaired) electrons. The lowest BCUT2D eigenvalue weighted by atomic mass is 10.2. The van der Waals surface area contributed by atoms with Gasteiger partial charge in [0.15, 0.2) is 5.75 Å². The highest BCUT2D eigenvalue weighted by Gasteiger charge is 2.05. The second-order valence-corrected chi connectivity index (χ2v) is 3.77. The van der Waals surface area contributed by atoms with Gasteiger partial charge < -0.3 is 15.2 Å². The van der Waals surface area contributed by atoms with E-state index in [0.717, 1.165) is 17.1 Å². The summed E-state index contributed by atoms with van der Waals surface area (Å²) in [7, 11) is 1.61. The van der Waals surface area contributed by atoms with Crippen molar-refractivity contribution in [2.75, 3.05) is 12.8 Å². The predicted octanol–water partition coefficient (Wildman–Crippen LogP) is 3.38. The van der Waals surface area contributed by atoms with Crippen molar-refractivity contribution in [1.29, 1.82) is 0 Å². The predicted molar refractivity (Wildman–Crippen MR) is 68.7 cm³/mol. The highest BCUT2D eigenvalue weighted by atomic mass is 16.5. The molecule has 3 heteroatoms. The number of rotatable bonds is 3. The lowest BCUT2D eigenvalue weighted by Crippen LogP contribution is -1.94. The van der Waals surface area contributed by atoms with Crippen molar-refractivity contribution in [2.24, 2.45) is 0 Å². The molecule has 0 aliphatic heterocycles. The molecule has 0 saturated carbocycles. The minimum absolute atomic E-state index is 0.592. The van der Waals surface area contributed by atoms with Crippen molar-refractivity contribution in [1.82, 2.24) is 0 Å². The first kappa shape index (κ1) is 11.3. The maximum Gasteiger partial charge on any atom is 0.154 e. The molecule has 2 N–H and O–H groups in total.